The van der Waals surface area contributed by atoms with Gasteiger partial charge in [-0.3, -0.25) is 9.36 Å². The Bertz CT molecular complexity index is 393. The molecule has 0 unspecified atom stereocenters. The van der Waals surface area contributed by atoms with Crippen LogP contribution >= 0.6 is 0 Å². The molecule has 1 rings (SSSR count). The van der Waals surface area contributed by atoms with Gasteiger partial charge in [-0.2, -0.15) is 0 Å². The third-order valence-corrected chi connectivity index (χ3v) is 2.32. The van der Waals surface area contributed by atoms with Gasteiger partial charge in [0.05, 0.1) is 5.54 Å². The van der Waals surface area contributed by atoms with Gasteiger partial charge >= 0.3 is 0 Å². The van der Waals surface area contributed by atoms with Crippen LogP contribution in [0.2, 0.25) is 0 Å². The average molecular weight is 195 g/mol. The Kier molecular flexibility index (Phi) is 2.76. The zero-order chi connectivity index (χ0) is 10.9. The van der Waals surface area contributed by atoms with Crippen molar-refractivity contribution < 1.29 is 0 Å². The summed E-state index contributed by atoms with van der Waals surface area (Å²) in [6.07, 6.45) is 0. The molecule has 1 aromatic heterocycles. The highest BCUT2D eigenvalue weighted by Crippen LogP contribution is 2.11. The topological polar surface area (TPSA) is 60.9 Å². The molecule has 0 aliphatic carbocycles. The molecule has 0 spiro atoms. The van der Waals surface area contributed by atoms with Crippen LogP contribution in [0, 0.1) is 13.8 Å². The van der Waals surface area contributed by atoms with Crippen LogP contribution in [0.5, 0.6) is 0 Å². The van der Waals surface area contributed by atoms with Crippen LogP contribution < -0.4 is 11.3 Å². The first-order valence-electron chi connectivity index (χ1n) is 4.66. The van der Waals surface area contributed by atoms with Crippen molar-refractivity contribution in [3.8, 4) is 0 Å². The van der Waals surface area contributed by atoms with E-state index in [9.17, 15) is 4.79 Å². The molecule has 14 heavy (non-hydrogen) atoms. The summed E-state index contributed by atoms with van der Waals surface area (Å²) in [5.41, 5.74) is 5.96. The van der Waals surface area contributed by atoms with E-state index in [1.165, 1.54) is 6.07 Å². The molecule has 0 atom stereocenters. The van der Waals surface area contributed by atoms with Crippen LogP contribution in [-0.2, 0) is 5.54 Å². The molecule has 2 N–H and O–H groups in total. The minimum Gasteiger partial charge on any atom is -0.328 e. The SMILES string of the molecule is Cc1cc(=O)n(C(C)(C)CN)c(C)n1. The Balaban J connectivity index is 3.43. The van der Waals surface area contributed by atoms with Gasteiger partial charge in [-0.1, -0.05) is 0 Å². The number of nitrogens with two attached hydrogens (primary N) is 1. The quantitative estimate of drug-likeness (QED) is 0.749. The van der Waals surface area contributed by atoms with Gasteiger partial charge in [-0.15, -0.1) is 0 Å². The minimum atomic E-state index is -0.373. The predicted molar refractivity (Wildman–Crippen MR) is 56.3 cm³/mol. The van der Waals surface area contributed by atoms with Gasteiger partial charge in [0, 0.05) is 18.3 Å². The molecule has 0 aliphatic heterocycles. The maximum absolute atomic E-state index is 11.7. The molecule has 0 saturated heterocycles. The normalized spacial score (nSPS) is 11.8. The van der Waals surface area contributed by atoms with Crippen LogP contribution in [0.1, 0.15) is 25.4 Å². The first kappa shape index (κ1) is 10.9. The van der Waals surface area contributed by atoms with Crippen LogP contribution in [0.15, 0.2) is 10.9 Å². The molecule has 0 amide bonds. The fourth-order valence-electron chi connectivity index (χ4n) is 1.57. The van der Waals surface area contributed by atoms with E-state index in [0.29, 0.717) is 12.4 Å². The molecule has 0 bridgehead atoms. The lowest BCUT2D eigenvalue weighted by molar-refractivity contribution is 0.342. The Morgan fingerprint density at radius 1 is 1.50 bits per heavy atom. The third kappa shape index (κ3) is 1.85. The Hall–Kier alpha value is -1.16. The Morgan fingerprint density at radius 3 is 2.50 bits per heavy atom. The first-order valence-corrected chi connectivity index (χ1v) is 4.66. The molecular formula is C10H17N3O. The molecule has 0 radical (unpaired) electrons. The number of nitrogens with zero attached hydrogens (tertiary/aromatic N) is 2. The Labute approximate surface area is 83.8 Å². The van der Waals surface area contributed by atoms with Crippen LogP contribution in [0.4, 0.5) is 0 Å². The smallest absolute Gasteiger partial charge is 0.254 e. The molecule has 0 saturated carbocycles. The zero-order valence-electron chi connectivity index (χ0n) is 9.16. The van der Waals surface area contributed by atoms with Crippen LogP contribution in [0.25, 0.3) is 0 Å². The summed E-state index contributed by atoms with van der Waals surface area (Å²) >= 11 is 0. The maximum atomic E-state index is 11.7. The molecule has 78 valence electrons. The number of hydrogen-bond acceptors (Lipinski definition) is 3. The van der Waals surface area contributed by atoms with E-state index in [1.54, 1.807) is 4.57 Å². The zero-order valence-corrected chi connectivity index (χ0v) is 9.16. The van der Waals surface area contributed by atoms with Crippen molar-refractivity contribution in [3.05, 3.63) is 27.9 Å². The van der Waals surface area contributed by atoms with E-state index in [2.05, 4.69) is 4.98 Å². The number of rotatable bonds is 2. The number of aromatic nitrogens is 2. The number of aryl methyl sites for hydroxylation is 2. The van der Waals surface area contributed by atoms with E-state index in [0.717, 1.165) is 5.69 Å². The van der Waals surface area contributed by atoms with E-state index >= 15 is 0 Å². The lowest BCUT2D eigenvalue weighted by Crippen LogP contribution is -2.43. The van der Waals surface area contributed by atoms with Crippen molar-refractivity contribution in [2.45, 2.75) is 33.2 Å². The summed E-state index contributed by atoms with van der Waals surface area (Å²) in [7, 11) is 0. The Morgan fingerprint density at radius 2 is 2.07 bits per heavy atom. The monoisotopic (exact) mass is 195 g/mol. The molecule has 1 aromatic rings. The van der Waals surface area contributed by atoms with Gasteiger partial charge in [0.25, 0.3) is 5.56 Å². The second-order valence-corrected chi connectivity index (χ2v) is 4.13. The van der Waals surface area contributed by atoms with Gasteiger partial charge in [-0.05, 0) is 27.7 Å². The van der Waals surface area contributed by atoms with Gasteiger partial charge in [0.1, 0.15) is 5.82 Å². The summed E-state index contributed by atoms with van der Waals surface area (Å²) in [5.74, 6) is 0.713. The van der Waals surface area contributed by atoms with E-state index < -0.39 is 0 Å². The molecule has 1 heterocycles. The molecular weight excluding hydrogens is 178 g/mol. The van der Waals surface area contributed by atoms with Crippen molar-refractivity contribution in [3.63, 3.8) is 0 Å². The van der Waals surface area contributed by atoms with Crippen LogP contribution in [-0.4, -0.2) is 16.1 Å². The fraction of sp³-hybridized carbons (Fsp3) is 0.600. The summed E-state index contributed by atoms with van der Waals surface area (Å²) < 4.78 is 1.64. The largest absolute Gasteiger partial charge is 0.328 e. The second-order valence-electron chi connectivity index (χ2n) is 4.13. The summed E-state index contributed by atoms with van der Waals surface area (Å²) in [5, 5.41) is 0. The van der Waals surface area contributed by atoms with Crippen molar-refractivity contribution in [2.24, 2.45) is 5.73 Å². The average Bonchev–Trinajstić information content (AvgIpc) is 2.01. The predicted octanol–water partition coefficient (Wildman–Crippen LogP) is 0.554. The highest BCUT2D eigenvalue weighted by Gasteiger charge is 2.21. The summed E-state index contributed by atoms with van der Waals surface area (Å²) in [4.78, 5) is 16.0. The molecule has 0 aromatic carbocycles. The van der Waals surface area contributed by atoms with Crippen molar-refractivity contribution >= 4 is 0 Å². The van der Waals surface area contributed by atoms with Gasteiger partial charge < -0.3 is 5.73 Å². The van der Waals surface area contributed by atoms with Gasteiger partial charge in [-0.25, -0.2) is 4.98 Å². The van der Waals surface area contributed by atoms with Crippen LogP contribution in [0.3, 0.4) is 0 Å². The van der Waals surface area contributed by atoms with Gasteiger partial charge in [0.15, 0.2) is 0 Å². The molecule has 4 nitrogen and oxygen atoms in total. The van der Waals surface area contributed by atoms with Gasteiger partial charge in [0.2, 0.25) is 0 Å². The van der Waals surface area contributed by atoms with Crippen molar-refractivity contribution in [2.75, 3.05) is 6.54 Å². The fourth-order valence-corrected chi connectivity index (χ4v) is 1.57. The highest BCUT2D eigenvalue weighted by molar-refractivity contribution is 5.04. The van der Waals surface area contributed by atoms with E-state index in [4.69, 9.17) is 5.73 Å². The maximum Gasteiger partial charge on any atom is 0.254 e. The van der Waals surface area contributed by atoms with E-state index in [1.807, 2.05) is 27.7 Å². The molecule has 0 fully saturated rings. The molecule has 0 aliphatic rings. The standard InChI is InChI=1S/C10H17N3O/c1-7-5-9(14)13(8(2)12-7)10(3,4)6-11/h5H,6,11H2,1-4H3. The lowest BCUT2D eigenvalue weighted by atomic mass is 10.1. The van der Waals surface area contributed by atoms with Crippen molar-refractivity contribution in [1.29, 1.82) is 0 Å². The third-order valence-electron chi connectivity index (χ3n) is 2.32. The summed E-state index contributed by atoms with van der Waals surface area (Å²) in [6.45, 7) is 7.91. The second kappa shape index (κ2) is 3.53. The highest BCUT2D eigenvalue weighted by atomic mass is 16.1. The molecule has 4 heteroatoms. The van der Waals surface area contributed by atoms with E-state index in [-0.39, 0.29) is 11.1 Å². The van der Waals surface area contributed by atoms with Crippen molar-refractivity contribution in [1.82, 2.24) is 9.55 Å². The first-order chi connectivity index (χ1) is 6.38. The summed E-state index contributed by atoms with van der Waals surface area (Å²) in [6, 6.07) is 1.53. The number of hydrogen-bond donors (Lipinski definition) is 1. The minimum absolute atomic E-state index is 0.0366. The lowest BCUT2D eigenvalue weighted by Gasteiger charge is -2.27.